The third kappa shape index (κ3) is 5.85. The van der Waals surface area contributed by atoms with E-state index in [1.165, 1.54) is 48.7 Å². The number of hydrogen-bond donors (Lipinski definition) is 1. The molecule has 0 spiro atoms. The summed E-state index contributed by atoms with van der Waals surface area (Å²) in [5.41, 5.74) is 2.94. The van der Waals surface area contributed by atoms with Gasteiger partial charge in [0.1, 0.15) is 16.4 Å². The van der Waals surface area contributed by atoms with Gasteiger partial charge in [0.05, 0.1) is 16.2 Å². The predicted molar refractivity (Wildman–Crippen MR) is 137 cm³/mol. The van der Waals surface area contributed by atoms with Crippen LogP contribution in [-0.2, 0) is 4.79 Å². The zero-order valence-corrected chi connectivity index (χ0v) is 20.3. The van der Waals surface area contributed by atoms with Gasteiger partial charge in [0.2, 0.25) is 0 Å². The summed E-state index contributed by atoms with van der Waals surface area (Å²) < 4.78 is 11.8. The molecule has 1 amide bonds. The van der Waals surface area contributed by atoms with Crippen LogP contribution in [0, 0.1) is 10.1 Å². The van der Waals surface area contributed by atoms with Gasteiger partial charge in [-0.15, -0.1) is 11.3 Å². The van der Waals surface area contributed by atoms with E-state index in [-0.39, 0.29) is 5.69 Å². The third-order valence-electron chi connectivity index (χ3n) is 4.93. The molecule has 1 atom stereocenters. The number of benzene rings is 3. The second-order valence-electron chi connectivity index (χ2n) is 7.45. The van der Waals surface area contributed by atoms with Crippen molar-refractivity contribution in [2.45, 2.75) is 13.0 Å². The van der Waals surface area contributed by atoms with Crippen LogP contribution in [0.3, 0.4) is 0 Å². The summed E-state index contributed by atoms with van der Waals surface area (Å²) in [4.78, 5) is 35.3. The maximum atomic E-state index is 12.6. The third-order valence-corrected chi connectivity index (χ3v) is 6.58. The Hall–Kier alpha value is -4.28. The Morgan fingerprint density at radius 2 is 1.72 bits per heavy atom. The number of nitrogens with one attached hydrogen (secondary N) is 1. The Kier molecular flexibility index (Phi) is 7.57. The van der Waals surface area contributed by atoms with Gasteiger partial charge in [0, 0.05) is 22.2 Å². The zero-order chi connectivity index (χ0) is 25.7. The Labute approximate surface area is 214 Å². The summed E-state index contributed by atoms with van der Waals surface area (Å²) in [5.74, 6) is -0.401. The highest BCUT2D eigenvalue weighted by atomic mass is 35.5. The topological polar surface area (TPSA) is 120 Å². The SMILES string of the molecule is CC(Oc1ccc([N+](=O)[O-])cc1)C(=O)NN=Cc1ccc(OC(=O)c2sc3ccccc3c2Cl)cc1. The molecule has 182 valence electrons. The number of halogens is 1. The van der Waals surface area contributed by atoms with E-state index < -0.39 is 22.9 Å². The van der Waals surface area contributed by atoms with Crippen molar-refractivity contribution in [3.8, 4) is 11.5 Å². The van der Waals surface area contributed by atoms with Crippen LogP contribution in [0.4, 0.5) is 5.69 Å². The summed E-state index contributed by atoms with van der Waals surface area (Å²) in [6.07, 6.45) is 0.538. The van der Waals surface area contributed by atoms with Gasteiger partial charge >= 0.3 is 5.97 Å². The summed E-state index contributed by atoms with van der Waals surface area (Å²) in [6.45, 7) is 1.53. The molecule has 3 aromatic carbocycles. The van der Waals surface area contributed by atoms with E-state index in [4.69, 9.17) is 21.1 Å². The molecular formula is C25H18ClN3O6S. The van der Waals surface area contributed by atoms with Crippen molar-refractivity contribution in [1.29, 1.82) is 0 Å². The van der Waals surface area contributed by atoms with E-state index in [0.29, 0.717) is 27.0 Å². The van der Waals surface area contributed by atoms with Crippen molar-refractivity contribution < 1.29 is 24.0 Å². The van der Waals surface area contributed by atoms with E-state index >= 15 is 0 Å². The Bertz CT molecular complexity index is 1450. The fourth-order valence-electron chi connectivity index (χ4n) is 3.09. The van der Waals surface area contributed by atoms with E-state index in [2.05, 4.69) is 10.5 Å². The molecule has 0 saturated carbocycles. The number of ether oxygens (including phenoxy) is 2. The number of esters is 1. The van der Waals surface area contributed by atoms with Crippen LogP contribution in [0.5, 0.6) is 11.5 Å². The number of rotatable bonds is 8. The minimum absolute atomic E-state index is 0.0753. The average Bonchev–Trinajstić information content (AvgIpc) is 3.22. The van der Waals surface area contributed by atoms with Crippen molar-refractivity contribution in [3.05, 3.63) is 98.4 Å². The molecule has 0 bridgehead atoms. The van der Waals surface area contributed by atoms with Gasteiger partial charge in [-0.2, -0.15) is 5.10 Å². The molecule has 1 heterocycles. The van der Waals surface area contributed by atoms with Crippen molar-refractivity contribution >= 4 is 56.8 Å². The molecule has 4 rings (SSSR count). The Morgan fingerprint density at radius 3 is 2.39 bits per heavy atom. The first kappa shape index (κ1) is 24.8. The van der Waals surface area contributed by atoms with Crippen LogP contribution < -0.4 is 14.9 Å². The predicted octanol–water partition coefficient (Wildman–Crippen LogP) is 5.60. The van der Waals surface area contributed by atoms with Crippen LogP contribution in [-0.4, -0.2) is 29.1 Å². The molecule has 0 aliphatic heterocycles. The molecule has 0 fully saturated rings. The largest absolute Gasteiger partial charge is 0.481 e. The number of hydrazone groups is 1. The molecule has 9 nitrogen and oxygen atoms in total. The van der Waals surface area contributed by atoms with Crippen molar-refractivity contribution in [1.82, 2.24) is 5.43 Å². The second-order valence-corrected chi connectivity index (χ2v) is 8.88. The molecule has 36 heavy (non-hydrogen) atoms. The van der Waals surface area contributed by atoms with E-state index in [1.54, 1.807) is 24.3 Å². The lowest BCUT2D eigenvalue weighted by Crippen LogP contribution is -2.33. The maximum absolute atomic E-state index is 12.6. The summed E-state index contributed by atoms with van der Waals surface area (Å²) in [5, 5.41) is 15.8. The van der Waals surface area contributed by atoms with Gasteiger partial charge in [0.25, 0.3) is 11.6 Å². The first-order valence-corrected chi connectivity index (χ1v) is 11.7. The number of thiophene rings is 1. The summed E-state index contributed by atoms with van der Waals surface area (Å²) in [7, 11) is 0. The van der Waals surface area contributed by atoms with Crippen molar-refractivity contribution in [2.24, 2.45) is 5.10 Å². The highest BCUT2D eigenvalue weighted by Crippen LogP contribution is 2.35. The number of carbonyl (C=O) groups excluding carboxylic acids is 2. The number of non-ortho nitro benzene ring substituents is 1. The minimum atomic E-state index is -0.883. The van der Waals surface area contributed by atoms with E-state index in [0.717, 1.165) is 10.1 Å². The molecule has 4 aromatic rings. The lowest BCUT2D eigenvalue weighted by atomic mass is 10.2. The second kappa shape index (κ2) is 11.0. The molecule has 1 N–H and O–H groups in total. The van der Waals surface area contributed by atoms with E-state index in [1.807, 2.05) is 24.3 Å². The fraction of sp³-hybridized carbons (Fsp3) is 0.0800. The first-order valence-electron chi connectivity index (χ1n) is 10.5. The number of nitro benzene ring substituents is 1. The summed E-state index contributed by atoms with van der Waals surface area (Å²) >= 11 is 7.60. The molecular weight excluding hydrogens is 506 g/mol. The molecule has 1 aromatic heterocycles. The Balaban J connectivity index is 1.30. The lowest BCUT2D eigenvalue weighted by molar-refractivity contribution is -0.384. The highest BCUT2D eigenvalue weighted by Gasteiger charge is 2.19. The molecule has 0 radical (unpaired) electrons. The van der Waals surface area contributed by atoms with Crippen molar-refractivity contribution in [2.75, 3.05) is 0 Å². The molecule has 1 unspecified atom stereocenters. The zero-order valence-electron chi connectivity index (χ0n) is 18.7. The van der Waals surface area contributed by atoms with Gasteiger partial charge in [0.15, 0.2) is 6.10 Å². The smallest absolute Gasteiger partial charge is 0.355 e. The fourth-order valence-corrected chi connectivity index (χ4v) is 4.47. The average molecular weight is 524 g/mol. The number of fused-ring (bicyclic) bond motifs is 1. The quantitative estimate of drug-likeness (QED) is 0.105. The number of nitrogens with zero attached hydrogens (tertiary/aromatic N) is 2. The summed E-state index contributed by atoms with van der Waals surface area (Å²) in [6, 6.07) is 19.4. The van der Waals surface area contributed by atoms with Crippen LogP contribution in [0.1, 0.15) is 22.2 Å². The number of hydrogen-bond acceptors (Lipinski definition) is 8. The molecule has 11 heteroatoms. The number of carbonyl (C=O) groups is 2. The number of amides is 1. The van der Waals surface area contributed by atoms with E-state index in [9.17, 15) is 19.7 Å². The maximum Gasteiger partial charge on any atom is 0.355 e. The lowest BCUT2D eigenvalue weighted by Gasteiger charge is -2.12. The van der Waals surface area contributed by atoms with Gasteiger partial charge in [-0.1, -0.05) is 29.8 Å². The monoisotopic (exact) mass is 523 g/mol. The molecule has 0 aliphatic rings. The van der Waals surface area contributed by atoms with Gasteiger partial charge in [-0.05, 0) is 55.0 Å². The molecule has 0 aliphatic carbocycles. The highest BCUT2D eigenvalue weighted by molar-refractivity contribution is 7.21. The van der Waals surface area contributed by atoms with Gasteiger partial charge in [-0.3, -0.25) is 14.9 Å². The van der Waals surface area contributed by atoms with Crippen molar-refractivity contribution in [3.63, 3.8) is 0 Å². The number of nitro groups is 1. The minimum Gasteiger partial charge on any atom is -0.481 e. The first-order chi connectivity index (χ1) is 17.3. The molecule has 0 saturated heterocycles. The van der Waals surface area contributed by atoms with Crippen LogP contribution >= 0.6 is 22.9 Å². The standard InChI is InChI=1S/C25H18ClN3O6S/c1-15(34-18-12-8-17(9-13-18)29(32)33)24(30)28-27-14-16-6-10-19(11-7-16)35-25(31)23-22(26)20-4-2-3-5-21(20)36-23/h2-15H,1H3,(H,28,30). The van der Waals surface area contributed by atoms with Crippen LogP contribution in [0.15, 0.2) is 77.9 Å². The van der Waals surface area contributed by atoms with Gasteiger partial charge in [-0.25, -0.2) is 10.2 Å². The van der Waals surface area contributed by atoms with Gasteiger partial charge < -0.3 is 9.47 Å². The normalized spacial score (nSPS) is 11.8. The Morgan fingerprint density at radius 1 is 1.06 bits per heavy atom. The van der Waals surface area contributed by atoms with Crippen LogP contribution in [0.25, 0.3) is 10.1 Å². The van der Waals surface area contributed by atoms with Crippen LogP contribution in [0.2, 0.25) is 5.02 Å².